The van der Waals surface area contributed by atoms with Crippen LogP contribution in [0.5, 0.6) is 0 Å². The zero-order chi connectivity index (χ0) is 17.2. The standard InChI is InChI=1S/C15H20F3N5O/c1-2-10-7-13(23-14(22-10)19-9-20-23)21-11-3-5-12(6-4-11)24-8-15(16,17)18/h7,9,11-12,21H,2-6,8H2,1H3. The fourth-order valence-electron chi connectivity index (χ4n) is 2.94. The second-order valence-corrected chi connectivity index (χ2v) is 6.00. The maximum Gasteiger partial charge on any atom is 0.411 e. The number of nitrogens with zero attached hydrogens (tertiary/aromatic N) is 4. The summed E-state index contributed by atoms with van der Waals surface area (Å²) >= 11 is 0. The monoisotopic (exact) mass is 343 g/mol. The lowest BCUT2D eigenvalue weighted by molar-refractivity contribution is -0.187. The van der Waals surface area contributed by atoms with E-state index in [9.17, 15) is 13.2 Å². The van der Waals surface area contributed by atoms with Gasteiger partial charge in [-0.15, -0.1) is 0 Å². The molecular formula is C15H20F3N5O. The first-order valence-corrected chi connectivity index (χ1v) is 8.09. The lowest BCUT2D eigenvalue weighted by atomic mass is 9.93. The summed E-state index contributed by atoms with van der Waals surface area (Å²) in [6, 6.07) is 2.11. The largest absolute Gasteiger partial charge is 0.411 e. The van der Waals surface area contributed by atoms with Crippen molar-refractivity contribution in [2.75, 3.05) is 11.9 Å². The SMILES string of the molecule is CCc1cc(NC2CCC(OCC(F)(F)F)CC2)n2ncnc2n1. The molecule has 1 N–H and O–H groups in total. The topological polar surface area (TPSA) is 64.3 Å². The van der Waals surface area contributed by atoms with E-state index in [-0.39, 0.29) is 12.1 Å². The van der Waals surface area contributed by atoms with Crippen LogP contribution < -0.4 is 5.32 Å². The summed E-state index contributed by atoms with van der Waals surface area (Å²) in [6.07, 6.45) is 0.386. The van der Waals surface area contributed by atoms with E-state index in [1.807, 2.05) is 13.0 Å². The third-order valence-electron chi connectivity index (χ3n) is 4.18. The van der Waals surface area contributed by atoms with Crippen molar-refractivity contribution in [2.24, 2.45) is 0 Å². The van der Waals surface area contributed by atoms with Gasteiger partial charge in [0.1, 0.15) is 18.8 Å². The lowest BCUT2D eigenvalue weighted by Crippen LogP contribution is -2.32. The fourth-order valence-corrected chi connectivity index (χ4v) is 2.94. The smallest absolute Gasteiger partial charge is 0.369 e. The van der Waals surface area contributed by atoms with Gasteiger partial charge in [0.25, 0.3) is 5.78 Å². The average molecular weight is 343 g/mol. The number of anilines is 1. The Morgan fingerprint density at radius 1 is 1.29 bits per heavy atom. The maximum absolute atomic E-state index is 12.2. The molecule has 0 aromatic carbocycles. The second kappa shape index (κ2) is 6.92. The third kappa shape index (κ3) is 4.14. The molecule has 1 saturated carbocycles. The van der Waals surface area contributed by atoms with Crippen molar-refractivity contribution in [1.82, 2.24) is 19.6 Å². The van der Waals surface area contributed by atoms with Crippen molar-refractivity contribution in [3.63, 3.8) is 0 Å². The number of hydrogen-bond donors (Lipinski definition) is 1. The third-order valence-corrected chi connectivity index (χ3v) is 4.18. The molecule has 2 aromatic heterocycles. The Morgan fingerprint density at radius 3 is 2.71 bits per heavy atom. The Labute approximate surface area is 137 Å². The van der Waals surface area contributed by atoms with E-state index in [1.54, 1.807) is 4.52 Å². The molecule has 0 spiro atoms. The summed E-state index contributed by atoms with van der Waals surface area (Å²) in [4.78, 5) is 8.50. The van der Waals surface area contributed by atoms with E-state index >= 15 is 0 Å². The highest BCUT2D eigenvalue weighted by Crippen LogP contribution is 2.26. The first-order valence-electron chi connectivity index (χ1n) is 8.09. The predicted octanol–water partition coefficient (Wildman–Crippen LogP) is 2.99. The van der Waals surface area contributed by atoms with E-state index in [0.717, 1.165) is 30.8 Å². The van der Waals surface area contributed by atoms with Gasteiger partial charge in [-0.3, -0.25) is 0 Å². The molecule has 1 fully saturated rings. The van der Waals surface area contributed by atoms with Crippen LogP contribution in [-0.4, -0.2) is 44.5 Å². The van der Waals surface area contributed by atoms with Crippen LogP contribution in [0.25, 0.3) is 5.78 Å². The predicted molar refractivity (Wildman–Crippen MR) is 81.8 cm³/mol. The van der Waals surface area contributed by atoms with Crippen molar-refractivity contribution in [3.05, 3.63) is 18.1 Å². The molecule has 6 nitrogen and oxygen atoms in total. The number of aryl methyl sites for hydroxylation is 1. The lowest BCUT2D eigenvalue weighted by Gasteiger charge is -2.30. The molecule has 24 heavy (non-hydrogen) atoms. The summed E-state index contributed by atoms with van der Waals surface area (Å²) in [6.45, 7) is 0.849. The van der Waals surface area contributed by atoms with E-state index in [2.05, 4.69) is 20.4 Å². The molecule has 0 atom stereocenters. The molecule has 3 rings (SSSR count). The van der Waals surface area contributed by atoms with Crippen LogP contribution in [-0.2, 0) is 11.2 Å². The molecule has 2 aromatic rings. The van der Waals surface area contributed by atoms with Crippen molar-refractivity contribution >= 4 is 11.6 Å². The van der Waals surface area contributed by atoms with Crippen LogP contribution in [0, 0.1) is 0 Å². The van der Waals surface area contributed by atoms with Gasteiger partial charge in [0.15, 0.2) is 0 Å². The fraction of sp³-hybridized carbons (Fsp3) is 0.667. The number of rotatable bonds is 5. The highest BCUT2D eigenvalue weighted by Gasteiger charge is 2.31. The molecular weight excluding hydrogens is 323 g/mol. The van der Waals surface area contributed by atoms with Gasteiger partial charge >= 0.3 is 6.18 Å². The molecule has 0 bridgehead atoms. The van der Waals surface area contributed by atoms with Crippen molar-refractivity contribution in [1.29, 1.82) is 0 Å². The average Bonchev–Trinajstić information content (AvgIpc) is 3.02. The normalized spacial score (nSPS) is 22.0. The minimum Gasteiger partial charge on any atom is -0.369 e. The van der Waals surface area contributed by atoms with Crippen molar-refractivity contribution in [2.45, 2.75) is 57.3 Å². The van der Waals surface area contributed by atoms with Gasteiger partial charge < -0.3 is 10.1 Å². The molecule has 1 aliphatic rings. The van der Waals surface area contributed by atoms with Crippen LogP contribution in [0.3, 0.4) is 0 Å². The number of halogens is 3. The van der Waals surface area contributed by atoms with E-state index in [4.69, 9.17) is 4.74 Å². The Bertz CT molecular complexity index is 679. The van der Waals surface area contributed by atoms with Crippen LogP contribution in [0.1, 0.15) is 38.3 Å². The van der Waals surface area contributed by atoms with Gasteiger partial charge in [-0.05, 0) is 32.1 Å². The number of nitrogens with one attached hydrogen (secondary N) is 1. The minimum absolute atomic E-state index is 0.176. The van der Waals surface area contributed by atoms with Gasteiger partial charge in [0, 0.05) is 17.8 Å². The zero-order valence-electron chi connectivity index (χ0n) is 13.4. The maximum atomic E-state index is 12.2. The molecule has 0 saturated heterocycles. The quantitative estimate of drug-likeness (QED) is 0.904. The molecule has 1 aliphatic carbocycles. The molecule has 0 amide bonds. The Kier molecular flexibility index (Phi) is 4.88. The number of ether oxygens (including phenoxy) is 1. The van der Waals surface area contributed by atoms with Gasteiger partial charge in [-0.1, -0.05) is 6.92 Å². The molecule has 0 radical (unpaired) electrons. The second-order valence-electron chi connectivity index (χ2n) is 6.00. The molecule has 132 valence electrons. The first kappa shape index (κ1) is 16.9. The number of alkyl halides is 3. The zero-order valence-corrected chi connectivity index (χ0v) is 13.4. The van der Waals surface area contributed by atoms with Crippen molar-refractivity contribution < 1.29 is 17.9 Å². The van der Waals surface area contributed by atoms with Crippen LogP contribution >= 0.6 is 0 Å². The van der Waals surface area contributed by atoms with Gasteiger partial charge in [-0.25, -0.2) is 4.98 Å². The molecule has 9 heteroatoms. The van der Waals surface area contributed by atoms with Gasteiger partial charge in [0.2, 0.25) is 0 Å². The highest BCUT2D eigenvalue weighted by molar-refractivity contribution is 5.45. The van der Waals surface area contributed by atoms with Crippen molar-refractivity contribution in [3.8, 4) is 0 Å². The Balaban J connectivity index is 1.59. The number of aromatic nitrogens is 4. The summed E-state index contributed by atoms with van der Waals surface area (Å²) in [7, 11) is 0. The summed E-state index contributed by atoms with van der Waals surface area (Å²) in [5.41, 5.74) is 0.917. The minimum atomic E-state index is -4.26. The van der Waals surface area contributed by atoms with E-state index < -0.39 is 12.8 Å². The number of hydrogen-bond acceptors (Lipinski definition) is 5. The highest BCUT2D eigenvalue weighted by atomic mass is 19.4. The molecule has 0 unspecified atom stereocenters. The molecule has 2 heterocycles. The summed E-state index contributed by atoms with van der Waals surface area (Å²) in [5.74, 6) is 1.35. The summed E-state index contributed by atoms with van der Waals surface area (Å²) < 4.78 is 43.2. The number of fused-ring (bicyclic) bond motifs is 1. The van der Waals surface area contributed by atoms with Crippen LogP contribution in [0.4, 0.5) is 19.0 Å². The summed E-state index contributed by atoms with van der Waals surface area (Å²) in [5, 5.41) is 7.58. The van der Waals surface area contributed by atoms with Gasteiger partial charge in [-0.2, -0.15) is 27.8 Å². The first-order chi connectivity index (χ1) is 11.4. The van der Waals surface area contributed by atoms with Crippen LogP contribution in [0.15, 0.2) is 12.4 Å². The van der Waals surface area contributed by atoms with Gasteiger partial charge in [0.05, 0.1) is 6.10 Å². The van der Waals surface area contributed by atoms with E-state index in [1.165, 1.54) is 6.33 Å². The van der Waals surface area contributed by atoms with Crippen LogP contribution in [0.2, 0.25) is 0 Å². The Hall–Kier alpha value is -1.90. The molecule has 0 aliphatic heterocycles. The van der Waals surface area contributed by atoms with E-state index in [0.29, 0.717) is 18.6 Å². The Morgan fingerprint density at radius 2 is 2.04 bits per heavy atom.